The first kappa shape index (κ1) is 16.6. The fourth-order valence-electron chi connectivity index (χ4n) is 3.02. The maximum Gasteiger partial charge on any atom is 0.357 e. The first-order valence-electron chi connectivity index (χ1n) is 7.73. The number of benzene rings is 1. The molecule has 1 aliphatic rings. The summed E-state index contributed by atoms with van der Waals surface area (Å²) in [4.78, 5) is 24.4. The molecule has 25 heavy (non-hydrogen) atoms. The van der Waals surface area contributed by atoms with Crippen molar-refractivity contribution in [3.63, 3.8) is 0 Å². The van der Waals surface area contributed by atoms with E-state index in [4.69, 9.17) is 10.5 Å². The Morgan fingerprint density at radius 1 is 1.44 bits per heavy atom. The lowest BCUT2D eigenvalue weighted by molar-refractivity contribution is -0.124. The van der Waals surface area contributed by atoms with Crippen molar-refractivity contribution in [2.75, 3.05) is 18.2 Å². The van der Waals surface area contributed by atoms with Gasteiger partial charge in [-0.25, -0.2) is 4.79 Å². The van der Waals surface area contributed by atoms with Crippen molar-refractivity contribution in [1.82, 2.24) is 4.57 Å². The molecule has 1 aliphatic heterocycles. The lowest BCUT2D eigenvalue weighted by atomic mass is 9.80. The minimum absolute atomic E-state index is 0.0601. The molecule has 7 nitrogen and oxygen atoms in total. The van der Waals surface area contributed by atoms with Gasteiger partial charge in [-0.2, -0.15) is 5.26 Å². The van der Waals surface area contributed by atoms with Crippen LogP contribution >= 0.6 is 0 Å². The van der Waals surface area contributed by atoms with Crippen LogP contribution in [0.5, 0.6) is 0 Å². The van der Waals surface area contributed by atoms with Crippen molar-refractivity contribution in [2.24, 2.45) is 5.41 Å². The Morgan fingerprint density at radius 2 is 2.16 bits per heavy atom. The Labute approximate surface area is 145 Å². The standard InChI is InChI=1S/C18H18N4O3/c1-18(2)7-11-12(21-17(18)24)5-4-6-13(11)22-9-10(8-19)14(20)15(22)16(23)25-3/h4-6,9H,7,20H2,1-3H3,(H,21,24). The van der Waals surface area contributed by atoms with Crippen molar-refractivity contribution in [1.29, 1.82) is 5.26 Å². The Hall–Kier alpha value is -3.27. The lowest BCUT2D eigenvalue weighted by Crippen LogP contribution is -2.37. The fourth-order valence-corrected chi connectivity index (χ4v) is 3.02. The molecule has 0 unspecified atom stereocenters. The largest absolute Gasteiger partial charge is 0.464 e. The van der Waals surface area contributed by atoms with E-state index >= 15 is 0 Å². The number of hydrogen-bond donors (Lipinski definition) is 2. The maximum atomic E-state index is 12.2. The molecule has 1 aromatic heterocycles. The molecule has 0 radical (unpaired) electrons. The summed E-state index contributed by atoms with van der Waals surface area (Å²) in [7, 11) is 1.26. The number of nitrogens with zero attached hydrogens (tertiary/aromatic N) is 2. The Morgan fingerprint density at radius 3 is 2.80 bits per heavy atom. The van der Waals surface area contributed by atoms with Crippen LogP contribution < -0.4 is 11.1 Å². The van der Waals surface area contributed by atoms with Crippen LogP contribution in [0.1, 0.15) is 35.5 Å². The monoisotopic (exact) mass is 338 g/mol. The SMILES string of the molecule is COC(=O)c1c(N)c(C#N)cn1-c1cccc2c1CC(C)(C)C(=O)N2. The highest BCUT2D eigenvalue weighted by molar-refractivity contribution is 5.99. The molecule has 0 atom stereocenters. The third-order valence-electron chi connectivity index (χ3n) is 4.44. The molecule has 1 amide bonds. The van der Waals surface area contributed by atoms with Crippen molar-refractivity contribution in [2.45, 2.75) is 20.3 Å². The summed E-state index contributed by atoms with van der Waals surface area (Å²) in [6.07, 6.45) is 2.01. The average Bonchev–Trinajstić information content (AvgIpc) is 2.91. The number of fused-ring (bicyclic) bond motifs is 1. The Kier molecular flexibility index (Phi) is 3.76. The van der Waals surface area contributed by atoms with Gasteiger partial charge in [0.05, 0.1) is 24.0 Å². The number of nitrogen functional groups attached to an aromatic ring is 1. The highest BCUT2D eigenvalue weighted by atomic mass is 16.5. The van der Waals surface area contributed by atoms with Crippen molar-refractivity contribution < 1.29 is 14.3 Å². The molecule has 7 heteroatoms. The molecule has 2 aromatic rings. The first-order valence-corrected chi connectivity index (χ1v) is 7.73. The summed E-state index contributed by atoms with van der Waals surface area (Å²) >= 11 is 0. The summed E-state index contributed by atoms with van der Waals surface area (Å²) < 4.78 is 6.38. The third-order valence-corrected chi connectivity index (χ3v) is 4.44. The van der Waals surface area contributed by atoms with Crippen LogP contribution in [0.4, 0.5) is 11.4 Å². The molecular formula is C18H18N4O3. The number of ether oxygens (including phenoxy) is 1. The predicted octanol–water partition coefficient (Wildman–Crippen LogP) is 2.24. The van der Waals surface area contributed by atoms with Gasteiger partial charge in [0.1, 0.15) is 6.07 Å². The van der Waals surface area contributed by atoms with Crippen molar-refractivity contribution in [3.05, 3.63) is 41.2 Å². The molecule has 3 rings (SSSR count). The number of carbonyl (C=O) groups excluding carboxylic acids is 2. The van der Waals surface area contributed by atoms with E-state index in [-0.39, 0.29) is 22.9 Å². The third kappa shape index (κ3) is 2.52. The van der Waals surface area contributed by atoms with Crippen molar-refractivity contribution >= 4 is 23.3 Å². The first-order chi connectivity index (χ1) is 11.8. The number of aromatic nitrogens is 1. The van der Waals surface area contributed by atoms with E-state index < -0.39 is 11.4 Å². The fraction of sp³-hybridized carbons (Fsp3) is 0.278. The van der Waals surface area contributed by atoms with Crippen molar-refractivity contribution in [3.8, 4) is 11.8 Å². The van der Waals surface area contributed by atoms with Gasteiger partial charge in [-0.15, -0.1) is 0 Å². The Bertz CT molecular complexity index is 935. The number of nitrogens with two attached hydrogens (primary N) is 1. The number of hydrogen-bond acceptors (Lipinski definition) is 5. The number of nitriles is 1. The van der Waals surface area contributed by atoms with Gasteiger partial charge >= 0.3 is 5.97 Å². The van der Waals surface area contributed by atoms with Crippen LogP contribution in [0.2, 0.25) is 0 Å². The van der Waals surface area contributed by atoms with Crippen LogP contribution in [0.25, 0.3) is 5.69 Å². The number of esters is 1. The van der Waals surface area contributed by atoms with Gasteiger partial charge < -0.3 is 20.4 Å². The van der Waals surface area contributed by atoms with E-state index in [0.29, 0.717) is 17.8 Å². The van der Waals surface area contributed by atoms with Gasteiger partial charge in [0.25, 0.3) is 0 Å². The molecule has 1 aromatic carbocycles. The zero-order valence-electron chi connectivity index (χ0n) is 14.2. The smallest absolute Gasteiger partial charge is 0.357 e. The number of carbonyl (C=O) groups is 2. The summed E-state index contributed by atoms with van der Waals surface area (Å²) in [5, 5.41) is 12.2. The molecular weight excluding hydrogens is 320 g/mol. The molecule has 2 heterocycles. The normalized spacial score (nSPS) is 15.0. The maximum absolute atomic E-state index is 12.2. The summed E-state index contributed by atoms with van der Waals surface area (Å²) in [6.45, 7) is 3.71. The van der Waals surface area contributed by atoms with Gasteiger partial charge in [0.2, 0.25) is 5.91 Å². The average molecular weight is 338 g/mol. The summed E-state index contributed by atoms with van der Waals surface area (Å²) in [5.74, 6) is -0.689. The quantitative estimate of drug-likeness (QED) is 0.816. The van der Waals surface area contributed by atoms with Crippen LogP contribution in [0.3, 0.4) is 0 Å². The molecule has 0 saturated heterocycles. The van der Waals surface area contributed by atoms with Gasteiger partial charge in [-0.1, -0.05) is 19.9 Å². The Balaban J connectivity index is 2.27. The van der Waals surface area contributed by atoms with E-state index in [1.807, 2.05) is 32.0 Å². The van der Waals surface area contributed by atoms with Gasteiger partial charge in [-0.05, 0) is 18.6 Å². The molecule has 0 spiro atoms. The van der Waals surface area contributed by atoms with Crippen LogP contribution in [-0.2, 0) is 16.0 Å². The van der Waals surface area contributed by atoms with Crippen LogP contribution in [-0.4, -0.2) is 23.6 Å². The minimum atomic E-state index is -0.629. The molecule has 0 aliphatic carbocycles. The molecule has 3 N–H and O–H groups in total. The van der Waals surface area contributed by atoms with E-state index in [2.05, 4.69) is 5.32 Å². The number of rotatable bonds is 2. The zero-order chi connectivity index (χ0) is 18.4. The molecule has 0 saturated carbocycles. The number of nitrogens with one attached hydrogen (secondary N) is 1. The van der Waals surface area contributed by atoms with Gasteiger partial charge in [0, 0.05) is 22.9 Å². The van der Waals surface area contributed by atoms with Gasteiger partial charge in [-0.3, -0.25) is 4.79 Å². The van der Waals surface area contributed by atoms with Gasteiger partial charge in [0.15, 0.2) is 5.69 Å². The molecule has 0 bridgehead atoms. The number of methoxy groups -OCH3 is 1. The summed E-state index contributed by atoms with van der Waals surface area (Å²) in [5.41, 5.74) is 7.98. The highest BCUT2D eigenvalue weighted by Crippen LogP contribution is 2.38. The topological polar surface area (TPSA) is 110 Å². The van der Waals surface area contributed by atoms with E-state index in [0.717, 1.165) is 5.56 Å². The lowest BCUT2D eigenvalue weighted by Gasteiger charge is -2.32. The number of anilines is 2. The number of amides is 1. The highest BCUT2D eigenvalue weighted by Gasteiger charge is 2.35. The second-order valence-electron chi connectivity index (χ2n) is 6.60. The second kappa shape index (κ2) is 5.67. The molecule has 0 fully saturated rings. The second-order valence-corrected chi connectivity index (χ2v) is 6.60. The van der Waals surface area contributed by atoms with E-state index in [1.165, 1.54) is 13.3 Å². The van der Waals surface area contributed by atoms with Crippen LogP contribution in [0, 0.1) is 16.7 Å². The van der Waals surface area contributed by atoms with Crippen LogP contribution in [0.15, 0.2) is 24.4 Å². The molecule has 128 valence electrons. The predicted molar refractivity (Wildman–Crippen MR) is 92.4 cm³/mol. The minimum Gasteiger partial charge on any atom is -0.464 e. The van der Waals surface area contributed by atoms with E-state index in [1.54, 1.807) is 10.6 Å². The zero-order valence-corrected chi connectivity index (χ0v) is 14.2. The van der Waals surface area contributed by atoms with E-state index in [9.17, 15) is 14.9 Å². The summed E-state index contributed by atoms with van der Waals surface area (Å²) in [6, 6.07) is 7.38.